The van der Waals surface area contributed by atoms with Crippen LogP contribution in [0.2, 0.25) is 0 Å². The summed E-state index contributed by atoms with van der Waals surface area (Å²) in [7, 11) is 0. The summed E-state index contributed by atoms with van der Waals surface area (Å²) in [4.78, 5) is 8.20. The van der Waals surface area contributed by atoms with Crippen molar-refractivity contribution in [1.29, 1.82) is 10.5 Å². The predicted octanol–water partition coefficient (Wildman–Crippen LogP) is 4.58. The topological polar surface area (TPSA) is 73.4 Å². The first-order valence-corrected chi connectivity index (χ1v) is 6.70. The third-order valence-corrected chi connectivity index (χ3v) is 2.61. The zero-order valence-electron chi connectivity index (χ0n) is 14.2. The summed E-state index contributed by atoms with van der Waals surface area (Å²) in [5, 5.41) is 12.5. The van der Waals surface area contributed by atoms with E-state index in [0.29, 0.717) is 0 Å². The SMILES string of the molecule is C=[C-]C(=C)c1ccccn1.C[C-]=C(C)c1ccccn1.[C-]#N.[C-]#N.[Ir]. The van der Waals surface area contributed by atoms with Crippen molar-refractivity contribution in [2.75, 3.05) is 0 Å². The van der Waals surface area contributed by atoms with Gasteiger partial charge in [0, 0.05) is 32.5 Å². The molecule has 0 unspecified atom stereocenters. The third-order valence-electron chi connectivity index (χ3n) is 2.61. The quantitative estimate of drug-likeness (QED) is 0.451. The van der Waals surface area contributed by atoms with Crippen molar-refractivity contribution >= 4 is 11.1 Å². The molecule has 5 heteroatoms. The van der Waals surface area contributed by atoms with Gasteiger partial charge in [-0.1, -0.05) is 30.8 Å². The van der Waals surface area contributed by atoms with Crippen molar-refractivity contribution in [3.63, 3.8) is 0 Å². The van der Waals surface area contributed by atoms with Gasteiger partial charge in [0.25, 0.3) is 0 Å². The van der Waals surface area contributed by atoms with E-state index in [1.54, 1.807) is 12.4 Å². The number of allylic oxidation sites excluding steroid dienone is 4. The fourth-order valence-electron chi connectivity index (χ4n) is 1.34. The molecule has 0 aliphatic rings. The fraction of sp³-hybridized carbons (Fsp3) is 0.100. The molecule has 0 N–H and O–H groups in total. The second kappa shape index (κ2) is 19.2. The summed E-state index contributed by atoms with van der Waals surface area (Å²) in [5.41, 5.74) is 3.67. The summed E-state index contributed by atoms with van der Waals surface area (Å²) >= 11 is 0. The number of aromatic nitrogens is 2. The zero-order chi connectivity index (χ0) is 18.8. The van der Waals surface area contributed by atoms with Gasteiger partial charge in [0.2, 0.25) is 0 Å². The molecule has 0 saturated heterocycles. The molecule has 0 aliphatic carbocycles. The van der Waals surface area contributed by atoms with Gasteiger partial charge in [0.05, 0.1) is 0 Å². The van der Waals surface area contributed by atoms with Crippen LogP contribution in [-0.2, 0) is 20.1 Å². The van der Waals surface area contributed by atoms with E-state index in [0.717, 1.165) is 22.5 Å². The van der Waals surface area contributed by atoms with Gasteiger partial charge in [0.15, 0.2) is 0 Å². The van der Waals surface area contributed by atoms with Crippen molar-refractivity contribution in [2.24, 2.45) is 0 Å². The van der Waals surface area contributed by atoms with Gasteiger partial charge in [-0.15, -0.1) is 13.0 Å². The summed E-state index contributed by atoms with van der Waals surface area (Å²) in [6.07, 6.45) is 9.22. The smallest absolute Gasteiger partial charge is 0.0124 e. The second-order valence-electron chi connectivity index (χ2n) is 3.96. The van der Waals surface area contributed by atoms with Crippen molar-refractivity contribution in [3.8, 4) is 0 Å². The summed E-state index contributed by atoms with van der Waals surface area (Å²) in [6, 6.07) is 11.5. The minimum absolute atomic E-state index is 0. The average Bonchev–Trinajstić information content (AvgIpc) is 2.71. The minimum Gasteiger partial charge on any atom is -0.512 e. The Labute approximate surface area is 164 Å². The van der Waals surface area contributed by atoms with Gasteiger partial charge < -0.3 is 33.6 Å². The number of rotatable bonds is 3. The molecule has 0 aromatic carbocycles. The zero-order valence-corrected chi connectivity index (χ0v) is 16.6. The van der Waals surface area contributed by atoms with Gasteiger partial charge in [-0.3, -0.25) is 6.08 Å². The Balaban J connectivity index is -0.000000312. The molecule has 0 spiro atoms. The van der Waals surface area contributed by atoms with Gasteiger partial charge in [0.1, 0.15) is 0 Å². The predicted molar refractivity (Wildman–Crippen MR) is 94.3 cm³/mol. The number of nitrogens with zero attached hydrogens (tertiary/aromatic N) is 4. The average molecular weight is 507 g/mol. The Morgan fingerprint density at radius 3 is 1.72 bits per heavy atom. The van der Waals surface area contributed by atoms with Crippen molar-refractivity contribution < 1.29 is 20.1 Å². The molecule has 1 radical (unpaired) electrons. The van der Waals surface area contributed by atoms with Crippen molar-refractivity contribution in [2.45, 2.75) is 13.8 Å². The van der Waals surface area contributed by atoms with E-state index in [1.807, 2.05) is 50.2 Å². The number of hydrogen-bond donors (Lipinski definition) is 0. The van der Waals surface area contributed by atoms with Crippen LogP contribution in [0.5, 0.6) is 0 Å². The molecule has 2 heterocycles. The first-order chi connectivity index (χ1) is 11.7. The molecule has 2 rings (SSSR count). The molecular formula is C20H18IrN4-4. The maximum atomic E-state index is 6.25. The second-order valence-corrected chi connectivity index (χ2v) is 3.96. The van der Waals surface area contributed by atoms with E-state index in [4.69, 9.17) is 23.7 Å². The number of hydrogen-bond acceptors (Lipinski definition) is 4. The van der Waals surface area contributed by atoms with E-state index in [9.17, 15) is 0 Å². The van der Waals surface area contributed by atoms with Crippen LogP contribution in [0.25, 0.3) is 11.1 Å². The van der Waals surface area contributed by atoms with E-state index >= 15 is 0 Å². The molecule has 0 bridgehead atoms. The summed E-state index contributed by atoms with van der Waals surface area (Å²) in [5.74, 6) is 0. The molecule has 0 aliphatic heterocycles. The fourth-order valence-corrected chi connectivity index (χ4v) is 1.34. The minimum atomic E-state index is 0. The van der Waals surface area contributed by atoms with E-state index in [-0.39, 0.29) is 20.1 Å². The molecular weight excluding hydrogens is 488 g/mol. The molecule has 2 aromatic rings. The normalized spacial score (nSPS) is 8.32. The summed E-state index contributed by atoms with van der Waals surface area (Å²) in [6.45, 7) is 20.6. The van der Waals surface area contributed by atoms with Crippen LogP contribution in [0.1, 0.15) is 25.2 Å². The Bertz CT molecular complexity index is 616. The molecule has 0 atom stereocenters. The largest absolute Gasteiger partial charge is 0.512 e. The van der Waals surface area contributed by atoms with Crippen LogP contribution >= 0.6 is 0 Å². The van der Waals surface area contributed by atoms with Crippen LogP contribution < -0.4 is 0 Å². The van der Waals surface area contributed by atoms with Crippen molar-refractivity contribution in [3.05, 3.63) is 98.6 Å². The van der Waals surface area contributed by atoms with Gasteiger partial charge in [-0.2, -0.15) is 24.8 Å². The molecule has 0 amide bonds. The van der Waals surface area contributed by atoms with Crippen LogP contribution in [0.15, 0.2) is 61.9 Å². The van der Waals surface area contributed by atoms with Crippen LogP contribution in [0.3, 0.4) is 0 Å². The molecule has 0 saturated carbocycles. The monoisotopic (exact) mass is 507 g/mol. The third kappa shape index (κ3) is 12.3. The van der Waals surface area contributed by atoms with E-state index < -0.39 is 0 Å². The van der Waals surface area contributed by atoms with E-state index in [2.05, 4.69) is 35.3 Å². The Morgan fingerprint density at radius 2 is 1.40 bits per heavy atom. The summed E-state index contributed by atoms with van der Waals surface area (Å²) < 4.78 is 0. The molecule has 4 nitrogen and oxygen atoms in total. The maximum Gasteiger partial charge on any atom is 0.0124 e. The Kier molecular flexibility index (Phi) is 20.7. The van der Waals surface area contributed by atoms with E-state index in [1.165, 1.54) is 0 Å². The first kappa shape index (κ1) is 27.0. The molecule has 0 fully saturated rings. The molecule has 131 valence electrons. The van der Waals surface area contributed by atoms with Crippen LogP contribution in [-0.4, -0.2) is 9.97 Å². The van der Waals surface area contributed by atoms with Crippen LogP contribution in [0.4, 0.5) is 0 Å². The first-order valence-electron chi connectivity index (χ1n) is 6.70. The molecule has 2 aromatic heterocycles. The van der Waals surface area contributed by atoms with Gasteiger partial charge in [-0.25, -0.2) is 5.57 Å². The van der Waals surface area contributed by atoms with Gasteiger partial charge >= 0.3 is 0 Å². The Morgan fingerprint density at radius 1 is 0.960 bits per heavy atom. The standard InChI is InChI=1S/C9H10N.C9H8N.2CN.Ir/c2*1-3-8(2)9-6-4-5-7-10-9;2*1-2;/h4-7H,1-2H3;4-7H,1-2H2;;;/q4*-1;. The number of pyridine rings is 2. The maximum absolute atomic E-state index is 6.25. The van der Waals surface area contributed by atoms with Crippen LogP contribution in [0, 0.1) is 35.8 Å². The molecule has 25 heavy (non-hydrogen) atoms. The van der Waals surface area contributed by atoms with Gasteiger partial charge in [-0.05, 0) is 17.8 Å². The Hall–Kier alpha value is -2.85. The van der Waals surface area contributed by atoms with Crippen molar-refractivity contribution in [1.82, 2.24) is 9.97 Å².